The zero-order chi connectivity index (χ0) is 20.7. The number of carbonyl (C=O) groups is 1. The van der Waals surface area contributed by atoms with Gasteiger partial charge in [-0.25, -0.2) is 14.0 Å². The third kappa shape index (κ3) is 2.98. The molecule has 0 unspecified atom stereocenters. The number of nitrogens with zero attached hydrogens (tertiary/aromatic N) is 2. The van der Waals surface area contributed by atoms with Crippen LogP contribution in [-0.4, -0.2) is 27.4 Å². The first-order valence-corrected chi connectivity index (χ1v) is 9.21. The van der Waals surface area contributed by atoms with Crippen molar-refractivity contribution in [1.82, 2.24) is 9.20 Å². The van der Waals surface area contributed by atoms with Gasteiger partial charge in [0.15, 0.2) is 11.3 Å². The van der Waals surface area contributed by atoms with Crippen LogP contribution in [0.4, 0.5) is 0 Å². The molecule has 4 rings (SSSR count). The molecule has 2 heterocycles. The Kier molecular flexibility index (Phi) is 4.64. The molecule has 7 heteroatoms. The van der Waals surface area contributed by atoms with E-state index in [-0.39, 0.29) is 5.52 Å². The van der Waals surface area contributed by atoms with Crippen LogP contribution in [-0.2, 0) is 4.74 Å². The van der Waals surface area contributed by atoms with Crippen molar-refractivity contribution in [3.8, 4) is 22.6 Å². The molecule has 0 aliphatic rings. The lowest BCUT2D eigenvalue weighted by Gasteiger charge is -2.14. The summed E-state index contributed by atoms with van der Waals surface area (Å²) in [7, 11) is 1.16. The second-order valence-corrected chi connectivity index (χ2v) is 6.95. The molecule has 146 valence electrons. The number of aromatic hydroxyl groups is 1. The summed E-state index contributed by atoms with van der Waals surface area (Å²) in [5.74, 6) is -1.37. The van der Waals surface area contributed by atoms with Gasteiger partial charge in [0.05, 0.1) is 17.8 Å². The Morgan fingerprint density at radius 3 is 2.28 bits per heavy atom. The van der Waals surface area contributed by atoms with Gasteiger partial charge in [-0.1, -0.05) is 54.1 Å². The second kappa shape index (κ2) is 7.14. The maximum Gasteiger partial charge on any atom is 0.347 e. The number of aromatic nitrogens is 2. The third-order valence-corrected chi connectivity index (χ3v) is 5.25. The lowest BCUT2D eigenvalue weighted by atomic mass is 10.1. The van der Waals surface area contributed by atoms with E-state index in [1.165, 1.54) is 15.4 Å². The zero-order valence-electron chi connectivity index (χ0n) is 15.7. The van der Waals surface area contributed by atoms with Crippen molar-refractivity contribution in [2.75, 3.05) is 7.11 Å². The number of esters is 1. The Labute approximate surface area is 171 Å². The maximum atomic E-state index is 13.1. The van der Waals surface area contributed by atoms with Gasteiger partial charge in [0.2, 0.25) is 0 Å². The van der Waals surface area contributed by atoms with E-state index in [4.69, 9.17) is 16.3 Å². The van der Waals surface area contributed by atoms with E-state index in [9.17, 15) is 14.7 Å². The van der Waals surface area contributed by atoms with Crippen molar-refractivity contribution in [1.29, 1.82) is 0 Å². The average molecular weight is 409 g/mol. The van der Waals surface area contributed by atoms with E-state index >= 15 is 0 Å². The van der Waals surface area contributed by atoms with Crippen LogP contribution in [0.15, 0.2) is 65.6 Å². The number of rotatable bonds is 3. The molecule has 2 aromatic heterocycles. The molecule has 0 saturated carbocycles. The van der Waals surface area contributed by atoms with Crippen molar-refractivity contribution in [3.05, 3.63) is 87.3 Å². The van der Waals surface area contributed by atoms with E-state index in [1.54, 1.807) is 19.1 Å². The molecule has 29 heavy (non-hydrogen) atoms. The van der Waals surface area contributed by atoms with Crippen LogP contribution in [0.3, 0.4) is 0 Å². The lowest BCUT2D eigenvalue weighted by molar-refractivity contribution is 0.0594. The number of halogens is 1. The second-order valence-electron chi connectivity index (χ2n) is 6.54. The Balaban J connectivity index is 1.99. The van der Waals surface area contributed by atoms with Gasteiger partial charge < -0.3 is 9.84 Å². The summed E-state index contributed by atoms with van der Waals surface area (Å²) in [6.07, 6.45) is 1.53. The Bertz CT molecular complexity index is 1290. The van der Waals surface area contributed by atoms with E-state index < -0.39 is 22.8 Å². The van der Waals surface area contributed by atoms with Crippen LogP contribution in [0.25, 0.3) is 22.3 Å². The highest BCUT2D eigenvalue weighted by molar-refractivity contribution is 6.32. The van der Waals surface area contributed by atoms with E-state index in [0.717, 1.165) is 18.2 Å². The van der Waals surface area contributed by atoms with Crippen LogP contribution >= 0.6 is 11.6 Å². The molecule has 0 aliphatic carbocycles. The van der Waals surface area contributed by atoms with Crippen molar-refractivity contribution < 1.29 is 14.6 Å². The van der Waals surface area contributed by atoms with Crippen molar-refractivity contribution in [2.45, 2.75) is 6.92 Å². The van der Waals surface area contributed by atoms with Crippen LogP contribution in [0.2, 0.25) is 5.02 Å². The number of fused-ring (bicyclic) bond motifs is 1. The van der Waals surface area contributed by atoms with Gasteiger partial charge in [0, 0.05) is 6.20 Å². The summed E-state index contributed by atoms with van der Waals surface area (Å²) < 4.78 is 7.44. The number of hydrogen-bond acceptors (Lipinski definition) is 4. The minimum absolute atomic E-state index is 0.266. The highest BCUT2D eigenvalue weighted by Gasteiger charge is 2.26. The van der Waals surface area contributed by atoms with Gasteiger partial charge in [-0.2, -0.15) is 0 Å². The summed E-state index contributed by atoms with van der Waals surface area (Å²) in [5, 5.41) is 11.0. The average Bonchev–Trinajstić information content (AvgIpc) is 3.03. The monoisotopic (exact) mass is 408 g/mol. The highest BCUT2D eigenvalue weighted by Crippen LogP contribution is 2.31. The maximum absolute atomic E-state index is 13.1. The molecule has 0 saturated heterocycles. The molecule has 0 spiro atoms. The molecule has 0 radical (unpaired) electrons. The zero-order valence-corrected chi connectivity index (χ0v) is 16.5. The topological polar surface area (TPSA) is 72.9 Å². The summed E-state index contributed by atoms with van der Waals surface area (Å²) >= 11 is 6.24. The predicted molar refractivity (Wildman–Crippen MR) is 111 cm³/mol. The first-order valence-electron chi connectivity index (χ1n) is 8.83. The van der Waals surface area contributed by atoms with E-state index in [2.05, 4.69) is 0 Å². The van der Waals surface area contributed by atoms with Crippen LogP contribution < -0.4 is 5.56 Å². The first kappa shape index (κ1) is 18.8. The van der Waals surface area contributed by atoms with E-state index in [0.29, 0.717) is 16.3 Å². The van der Waals surface area contributed by atoms with Gasteiger partial charge in [-0.3, -0.25) is 4.79 Å². The van der Waals surface area contributed by atoms with Crippen molar-refractivity contribution in [3.63, 3.8) is 0 Å². The number of methoxy groups -OCH3 is 1. The lowest BCUT2D eigenvalue weighted by Crippen LogP contribution is -2.30. The summed E-state index contributed by atoms with van der Waals surface area (Å²) in [6.45, 7) is 1.70. The number of carbonyl (C=O) groups excluding carboxylic acids is 1. The molecule has 6 nitrogen and oxygen atoms in total. The summed E-state index contributed by atoms with van der Waals surface area (Å²) in [6, 6.07) is 17.1. The van der Waals surface area contributed by atoms with Crippen LogP contribution in [0, 0.1) is 6.92 Å². The highest BCUT2D eigenvalue weighted by atomic mass is 35.5. The molecule has 4 aromatic rings. The molecule has 0 aliphatic heterocycles. The number of aryl methyl sites for hydroxylation is 1. The number of ether oxygens (including phenoxy) is 1. The largest absolute Gasteiger partial charge is 0.505 e. The Morgan fingerprint density at radius 2 is 1.66 bits per heavy atom. The van der Waals surface area contributed by atoms with Crippen LogP contribution in [0.1, 0.15) is 15.9 Å². The van der Waals surface area contributed by atoms with Crippen molar-refractivity contribution in [2.24, 2.45) is 0 Å². The molecular formula is C22H17ClN2O4. The number of benzene rings is 2. The molecule has 1 N–H and O–H groups in total. The quantitative estimate of drug-likeness (QED) is 0.515. The van der Waals surface area contributed by atoms with Gasteiger partial charge in [-0.05, 0) is 35.7 Å². The smallest absolute Gasteiger partial charge is 0.347 e. The fourth-order valence-electron chi connectivity index (χ4n) is 3.37. The molecule has 0 fully saturated rings. The third-order valence-electron chi connectivity index (χ3n) is 4.87. The van der Waals surface area contributed by atoms with E-state index in [1.807, 2.05) is 42.5 Å². The molecule has 0 amide bonds. The Hall–Kier alpha value is -3.51. The molecule has 0 bridgehead atoms. The predicted octanol–water partition coefficient (Wildman–Crippen LogP) is 4.21. The van der Waals surface area contributed by atoms with Crippen LogP contribution in [0.5, 0.6) is 5.75 Å². The van der Waals surface area contributed by atoms with Crippen molar-refractivity contribution >= 4 is 23.1 Å². The first-order chi connectivity index (χ1) is 13.9. The SMILES string of the molecule is COC(=O)c1c(O)c2c(C)c(Cl)cn2n(-c2ccc(-c3ccccc3)cc2)c1=O. The summed E-state index contributed by atoms with van der Waals surface area (Å²) in [4.78, 5) is 25.3. The van der Waals surface area contributed by atoms with Gasteiger partial charge >= 0.3 is 5.97 Å². The molecule has 0 atom stereocenters. The number of hydrogen-bond donors (Lipinski definition) is 1. The standard InChI is InChI=1S/C22H17ClN2O4/c1-13-17(23)12-24-19(13)20(26)18(22(28)29-2)21(27)25(24)16-10-8-15(9-11-16)14-6-4-3-5-7-14/h3-12,26H,1-2H3. The minimum Gasteiger partial charge on any atom is -0.505 e. The Morgan fingerprint density at radius 1 is 1.03 bits per heavy atom. The van der Waals surface area contributed by atoms with Gasteiger partial charge in [0.25, 0.3) is 5.56 Å². The normalized spacial score (nSPS) is 11.0. The minimum atomic E-state index is -0.915. The molecular weight excluding hydrogens is 392 g/mol. The van der Waals surface area contributed by atoms with Gasteiger partial charge in [-0.15, -0.1) is 0 Å². The fraction of sp³-hybridized carbons (Fsp3) is 0.0909. The fourth-order valence-corrected chi connectivity index (χ4v) is 3.56. The summed E-state index contributed by atoms with van der Waals surface area (Å²) in [5.41, 5.74) is 2.19. The molecule has 2 aromatic carbocycles. The van der Waals surface area contributed by atoms with Gasteiger partial charge in [0.1, 0.15) is 5.52 Å².